The highest BCUT2D eigenvalue weighted by Crippen LogP contribution is 2.45. The molecular weight excluding hydrogens is 234 g/mol. The van der Waals surface area contributed by atoms with Crippen molar-refractivity contribution in [3.8, 4) is 0 Å². The Balaban J connectivity index is 2.07. The fourth-order valence-corrected chi connectivity index (χ4v) is 3.82. The van der Waals surface area contributed by atoms with Gasteiger partial charge < -0.3 is 10.2 Å². The number of hydrogen-bond donors (Lipinski definition) is 1. The number of likely N-dealkylation sites (N-methyl/N-ethyl adjacent to an activating group) is 1. The average Bonchev–Trinajstić information content (AvgIpc) is 2.40. The molecule has 1 N–H and O–H groups in total. The zero-order valence-corrected chi connectivity index (χ0v) is 13.6. The third-order valence-electron chi connectivity index (χ3n) is 6.23. The Morgan fingerprint density at radius 1 is 0.895 bits per heavy atom. The topological polar surface area (TPSA) is 18.5 Å². The van der Waals surface area contributed by atoms with Crippen molar-refractivity contribution in [2.75, 3.05) is 46.3 Å². The maximum atomic E-state index is 3.50. The van der Waals surface area contributed by atoms with E-state index in [1.807, 2.05) is 0 Å². The van der Waals surface area contributed by atoms with Crippen molar-refractivity contribution in [3.63, 3.8) is 0 Å². The zero-order valence-electron chi connectivity index (χ0n) is 13.6. The lowest BCUT2D eigenvalue weighted by atomic mass is 9.62. The average molecular weight is 267 g/mol. The van der Waals surface area contributed by atoms with Crippen LogP contribution in [0.2, 0.25) is 0 Å². The van der Waals surface area contributed by atoms with Gasteiger partial charge >= 0.3 is 0 Å². The largest absolute Gasteiger partial charge is 0.317 e. The number of hydrogen-bond acceptors (Lipinski definition) is 3. The van der Waals surface area contributed by atoms with E-state index in [9.17, 15) is 0 Å². The molecule has 112 valence electrons. The summed E-state index contributed by atoms with van der Waals surface area (Å²) >= 11 is 0. The minimum atomic E-state index is 0.288. The van der Waals surface area contributed by atoms with Crippen LogP contribution in [0.1, 0.15) is 40.5 Å². The molecule has 19 heavy (non-hydrogen) atoms. The van der Waals surface area contributed by atoms with Crippen molar-refractivity contribution >= 4 is 0 Å². The third-order valence-corrected chi connectivity index (χ3v) is 6.23. The summed E-state index contributed by atoms with van der Waals surface area (Å²) in [6.07, 6.45) is 2.67. The normalized spacial score (nSPS) is 25.7. The number of rotatable bonds is 3. The van der Waals surface area contributed by atoms with Crippen LogP contribution in [0.25, 0.3) is 0 Å². The van der Waals surface area contributed by atoms with Gasteiger partial charge in [0.1, 0.15) is 0 Å². The van der Waals surface area contributed by atoms with Gasteiger partial charge in [-0.1, -0.05) is 13.8 Å². The van der Waals surface area contributed by atoms with Gasteiger partial charge in [0, 0.05) is 31.7 Å². The Bertz CT molecular complexity index is 284. The molecule has 2 rings (SSSR count). The van der Waals surface area contributed by atoms with E-state index in [1.165, 1.54) is 52.1 Å². The van der Waals surface area contributed by atoms with Crippen LogP contribution in [0.5, 0.6) is 0 Å². The smallest absolute Gasteiger partial charge is 0.0207 e. The van der Waals surface area contributed by atoms with Gasteiger partial charge in [0.05, 0.1) is 0 Å². The second-order valence-electron chi connectivity index (χ2n) is 7.60. The molecule has 0 aromatic carbocycles. The Morgan fingerprint density at radius 2 is 1.42 bits per heavy atom. The molecule has 3 nitrogen and oxygen atoms in total. The fraction of sp³-hybridized carbons (Fsp3) is 1.00. The number of piperazine rings is 1. The maximum Gasteiger partial charge on any atom is 0.0207 e. The lowest BCUT2D eigenvalue weighted by molar-refractivity contribution is -0.0527. The molecule has 3 heteroatoms. The Hall–Kier alpha value is -0.120. The summed E-state index contributed by atoms with van der Waals surface area (Å²) < 4.78 is 0. The summed E-state index contributed by atoms with van der Waals surface area (Å²) in [5.74, 6) is 0.850. The van der Waals surface area contributed by atoms with Gasteiger partial charge in [0.15, 0.2) is 0 Å². The predicted molar refractivity (Wildman–Crippen MR) is 82.5 cm³/mol. The predicted octanol–water partition coefficient (Wildman–Crippen LogP) is 2.04. The van der Waals surface area contributed by atoms with Gasteiger partial charge in [-0.2, -0.15) is 0 Å². The molecule has 2 fully saturated rings. The van der Waals surface area contributed by atoms with Gasteiger partial charge in [0.25, 0.3) is 0 Å². The highest BCUT2D eigenvalue weighted by atomic mass is 15.3. The lowest BCUT2D eigenvalue weighted by Crippen LogP contribution is -2.62. The number of nitrogens with one attached hydrogen (secondary N) is 1. The first-order chi connectivity index (χ1) is 8.85. The number of piperidine rings is 1. The highest BCUT2D eigenvalue weighted by molar-refractivity contribution is 5.00. The summed E-state index contributed by atoms with van der Waals surface area (Å²) in [5.41, 5.74) is 0.668. The van der Waals surface area contributed by atoms with Crippen LogP contribution in [-0.4, -0.2) is 61.7 Å². The molecule has 0 spiro atoms. The molecule has 0 aromatic rings. The van der Waals surface area contributed by atoms with Crippen LogP contribution < -0.4 is 5.32 Å². The lowest BCUT2D eigenvalue weighted by Gasteiger charge is -2.55. The summed E-state index contributed by atoms with van der Waals surface area (Å²) in [4.78, 5) is 5.18. The van der Waals surface area contributed by atoms with Crippen LogP contribution in [-0.2, 0) is 0 Å². The Morgan fingerprint density at radius 3 is 1.95 bits per heavy atom. The van der Waals surface area contributed by atoms with Crippen molar-refractivity contribution < 1.29 is 0 Å². The standard InChI is InChI=1S/C16H33N3/c1-15(2,14-6-8-17-9-7-14)16(3,4)19-12-10-18(5)11-13-19/h14,17H,6-13H2,1-5H3. The van der Waals surface area contributed by atoms with Gasteiger partial charge in [-0.05, 0) is 58.2 Å². The molecule has 0 radical (unpaired) electrons. The van der Waals surface area contributed by atoms with Crippen molar-refractivity contribution in [2.24, 2.45) is 11.3 Å². The quantitative estimate of drug-likeness (QED) is 0.844. The van der Waals surface area contributed by atoms with Gasteiger partial charge in [0.2, 0.25) is 0 Å². The monoisotopic (exact) mass is 267 g/mol. The second kappa shape index (κ2) is 5.71. The van der Waals surface area contributed by atoms with Crippen molar-refractivity contribution in [2.45, 2.75) is 46.1 Å². The Labute approximate surface area is 119 Å². The van der Waals surface area contributed by atoms with Crippen LogP contribution in [0.3, 0.4) is 0 Å². The highest BCUT2D eigenvalue weighted by Gasteiger charge is 2.46. The third kappa shape index (κ3) is 2.98. The molecule has 2 aliphatic rings. The molecule has 0 unspecified atom stereocenters. The van der Waals surface area contributed by atoms with E-state index in [1.54, 1.807) is 0 Å². The van der Waals surface area contributed by atoms with E-state index < -0.39 is 0 Å². The van der Waals surface area contributed by atoms with Crippen LogP contribution >= 0.6 is 0 Å². The molecule has 0 aromatic heterocycles. The molecule has 0 bridgehead atoms. The first-order valence-electron chi connectivity index (χ1n) is 8.00. The molecule has 0 amide bonds. The van der Waals surface area contributed by atoms with Gasteiger partial charge in [-0.25, -0.2) is 0 Å². The molecule has 0 aliphatic carbocycles. The first-order valence-corrected chi connectivity index (χ1v) is 8.00. The van der Waals surface area contributed by atoms with E-state index in [0.29, 0.717) is 5.41 Å². The van der Waals surface area contributed by atoms with Crippen molar-refractivity contribution in [1.82, 2.24) is 15.1 Å². The second-order valence-corrected chi connectivity index (χ2v) is 7.60. The first kappa shape index (κ1) is 15.3. The van der Waals surface area contributed by atoms with E-state index in [2.05, 4.69) is 49.9 Å². The minimum Gasteiger partial charge on any atom is -0.317 e. The Kier molecular flexibility index (Phi) is 4.59. The number of nitrogens with zero attached hydrogens (tertiary/aromatic N) is 2. The van der Waals surface area contributed by atoms with Crippen molar-refractivity contribution in [3.05, 3.63) is 0 Å². The SMILES string of the molecule is CN1CCN(C(C)(C)C(C)(C)C2CCNCC2)CC1. The van der Waals surface area contributed by atoms with Gasteiger partial charge in [-0.3, -0.25) is 4.90 Å². The summed E-state index contributed by atoms with van der Waals surface area (Å²) in [6, 6.07) is 0. The van der Waals surface area contributed by atoms with E-state index in [0.717, 1.165) is 5.92 Å². The van der Waals surface area contributed by atoms with Gasteiger partial charge in [-0.15, -0.1) is 0 Å². The molecular formula is C16H33N3. The molecule has 2 aliphatic heterocycles. The summed E-state index contributed by atoms with van der Waals surface area (Å²) in [7, 11) is 2.24. The van der Waals surface area contributed by atoms with E-state index >= 15 is 0 Å². The molecule has 0 saturated carbocycles. The van der Waals surface area contributed by atoms with Crippen LogP contribution in [0.4, 0.5) is 0 Å². The van der Waals surface area contributed by atoms with E-state index in [4.69, 9.17) is 0 Å². The summed E-state index contributed by atoms with van der Waals surface area (Å²) in [6.45, 7) is 17.2. The minimum absolute atomic E-state index is 0.288. The van der Waals surface area contributed by atoms with Crippen LogP contribution in [0, 0.1) is 11.3 Å². The maximum absolute atomic E-state index is 3.50. The summed E-state index contributed by atoms with van der Waals surface area (Å²) in [5, 5.41) is 3.50. The molecule has 2 heterocycles. The van der Waals surface area contributed by atoms with Crippen molar-refractivity contribution in [1.29, 1.82) is 0 Å². The fourth-order valence-electron chi connectivity index (χ4n) is 3.82. The van der Waals surface area contributed by atoms with Crippen LogP contribution in [0.15, 0.2) is 0 Å². The molecule has 2 saturated heterocycles. The zero-order chi connectivity index (χ0) is 14.1. The molecule has 0 atom stereocenters. The van der Waals surface area contributed by atoms with E-state index in [-0.39, 0.29) is 5.54 Å².